The fourth-order valence-electron chi connectivity index (χ4n) is 1.94. The summed E-state index contributed by atoms with van der Waals surface area (Å²) < 4.78 is 19.0. The number of anilines is 1. The largest absolute Gasteiger partial charge is 0.424 e. The SMILES string of the molecule is O=C(Nc1ccc(Oc2ncccn2)cc1)c1cc(F)c(Cl)cc1Cl. The van der Waals surface area contributed by atoms with Gasteiger partial charge in [0.25, 0.3) is 5.91 Å². The molecule has 0 bridgehead atoms. The summed E-state index contributed by atoms with van der Waals surface area (Å²) in [6.45, 7) is 0. The minimum atomic E-state index is -0.720. The van der Waals surface area contributed by atoms with E-state index in [0.717, 1.165) is 6.07 Å². The average Bonchev–Trinajstić information content (AvgIpc) is 2.60. The second-order valence-electron chi connectivity index (χ2n) is 4.86. The first-order chi connectivity index (χ1) is 12.0. The van der Waals surface area contributed by atoms with Crippen molar-refractivity contribution in [2.75, 3.05) is 5.32 Å². The molecule has 0 aliphatic carbocycles. The Bertz CT molecular complexity index is 906. The molecule has 0 atom stereocenters. The van der Waals surface area contributed by atoms with Gasteiger partial charge in [-0.15, -0.1) is 0 Å². The Morgan fingerprint density at radius 3 is 2.40 bits per heavy atom. The first-order valence-corrected chi connectivity index (χ1v) is 7.79. The van der Waals surface area contributed by atoms with Crippen molar-refractivity contribution in [2.24, 2.45) is 0 Å². The number of amides is 1. The maximum Gasteiger partial charge on any atom is 0.321 e. The Labute approximate surface area is 152 Å². The van der Waals surface area contributed by atoms with Crippen LogP contribution >= 0.6 is 23.2 Å². The smallest absolute Gasteiger partial charge is 0.321 e. The normalized spacial score (nSPS) is 10.4. The van der Waals surface area contributed by atoms with Gasteiger partial charge in [-0.25, -0.2) is 14.4 Å². The van der Waals surface area contributed by atoms with Gasteiger partial charge < -0.3 is 10.1 Å². The number of hydrogen-bond donors (Lipinski definition) is 1. The van der Waals surface area contributed by atoms with Crippen LogP contribution in [-0.4, -0.2) is 15.9 Å². The number of halogens is 3. The van der Waals surface area contributed by atoms with Gasteiger partial charge in [0.15, 0.2) is 0 Å². The monoisotopic (exact) mass is 377 g/mol. The van der Waals surface area contributed by atoms with E-state index in [2.05, 4.69) is 15.3 Å². The highest BCUT2D eigenvalue weighted by atomic mass is 35.5. The molecule has 1 aromatic heterocycles. The minimum absolute atomic E-state index is 0.0124. The lowest BCUT2D eigenvalue weighted by molar-refractivity contribution is 0.102. The molecular formula is C17H10Cl2FN3O2. The minimum Gasteiger partial charge on any atom is -0.424 e. The van der Waals surface area contributed by atoms with Crippen molar-refractivity contribution in [1.29, 1.82) is 0 Å². The third-order valence-corrected chi connectivity index (χ3v) is 3.72. The molecular weight excluding hydrogens is 368 g/mol. The standard InChI is InChI=1S/C17H10Cl2FN3O2/c18-13-9-14(19)15(20)8-12(13)16(24)23-10-2-4-11(5-3-10)25-17-21-6-1-7-22-17/h1-9H,(H,23,24). The van der Waals surface area contributed by atoms with Crippen molar-refractivity contribution >= 4 is 34.8 Å². The van der Waals surface area contributed by atoms with Gasteiger partial charge in [0, 0.05) is 18.1 Å². The van der Waals surface area contributed by atoms with Gasteiger partial charge in [-0.1, -0.05) is 23.2 Å². The maximum absolute atomic E-state index is 13.5. The van der Waals surface area contributed by atoms with Crippen molar-refractivity contribution in [3.05, 3.63) is 76.3 Å². The van der Waals surface area contributed by atoms with Crippen LogP contribution in [0.15, 0.2) is 54.9 Å². The molecule has 0 aliphatic rings. The number of carbonyl (C=O) groups is 1. The Morgan fingerprint density at radius 1 is 1.04 bits per heavy atom. The van der Waals surface area contributed by atoms with E-state index >= 15 is 0 Å². The third kappa shape index (κ3) is 4.23. The summed E-state index contributed by atoms with van der Waals surface area (Å²) in [6.07, 6.45) is 3.12. The molecule has 0 radical (unpaired) electrons. The number of ether oxygens (including phenoxy) is 1. The number of hydrogen-bond acceptors (Lipinski definition) is 4. The van der Waals surface area contributed by atoms with Gasteiger partial charge in [-0.3, -0.25) is 4.79 Å². The molecule has 25 heavy (non-hydrogen) atoms. The number of rotatable bonds is 4. The van der Waals surface area contributed by atoms with Crippen LogP contribution in [0.25, 0.3) is 0 Å². The topological polar surface area (TPSA) is 64.1 Å². The highest BCUT2D eigenvalue weighted by Crippen LogP contribution is 2.26. The molecule has 0 saturated carbocycles. The second kappa shape index (κ2) is 7.46. The third-order valence-electron chi connectivity index (χ3n) is 3.12. The first-order valence-electron chi connectivity index (χ1n) is 7.04. The Morgan fingerprint density at radius 2 is 1.72 bits per heavy atom. The molecule has 1 heterocycles. The molecule has 0 fully saturated rings. The predicted molar refractivity (Wildman–Crippen MR) is 92.9 cm³/mol. The summed E-state index contributed by atoms with van der Waals surface area (Å²) in [5, 5.41) is 2.53. The lowest BCUT2D eigenvalue weighted by Crippen LogP contribution is -2.12. The molecule has 1 amide bonds. The van der Waals surface area contributed by atoms with E-state index in [0.29, 0.717) is 11.4 Å². The molecule has 3 rings (SSSR count). The van der Waals surface area contributed by atoms with Crippen molar-refractivity contribution in [2.45, 2.75) is 0 Å². The van der Waals surface area contributed by atoms with E-state index < -0.39 is 11.7 Å². The molecule has 0 spiro atoms. The van der Waals surface area contributed by atoms with Gasteiger partial charge in [-0.05, 0) is 42.5 Å². The Hall–Kier alpha value is -2.70. The zero-order valence-electron chi connectivity index (χ0n) is 12.5. The fourth-order valence-corrected chi connectivity index (χ4v) is 2.41. The molecule has 5 nitrogen and oxygen atoms in total. The van der Waals surface area contributed by atoms with Crippen molar-refractivity contribution in [3.63, 3.8) is 0 Å². The van der Waals surface area contributed by atoms with Crippen LogP contribution in [0.4, 0.5) is 10.1 Å². The number of carbonyl (C=O) groups excluding carboxylic acids is 1. The summed E-state index contributed by atoms with van der Waals surface area (Å²) in [5.74, 6) is -0.775. The van der Waals surface area contributed by atoms with Crippen molar-refractivity contribution < 1.29 is 13.9 Å². The number of nitrogens with one attached hydrogen (secondary N) is 1. The average molecular weight is 378 g/mol. The lowest BCUT2D eigenvalue weighted by atomic mass is 10.2. The van der Waals surface area contributed by atoms with Crippen LogP contribution in [0.1, 0.15) is 10.4 Å². The van der Waals surface area contributed by atoms with Crippen LogP contribution < -0.4 is 10.1 Å². The van der Waals surface area contributed by atoms with Gasteiger partial charge in [0.1, 0.15) is 11.6 Å². The molecule has 3 aromatic rings. The van der Waals surface area contributed by atoms with Crippen molar-refractivity contribution in [3.8, 4) is 11.8 Å². The highest BCUT2D eigenvalue weighted by molar-refractivity contribution is 6.37. The number of benzene rings is 2. The quantitative estimate of drug-likeness (QED) is 0.652. The fraction of sp³-hybridized carbons (Fsp3) is 0. The van der Waals surface area contributed by atoms with Gasteiger partial charge in [0.2, 0.25) is 0 Å². The number of nitrogens with zero attached hydrogens (tertiary/aromatic N) is 2. The summed E-state index contributed by atoms with van der Waals surface area (Å²) in [7, 11) is 0. The highest BCUT2D eigenvalue weighted by Gasteiger charge is 2.14. The van der Waals surface area contributed by atoms with E-state index in [9.17, 15) is 9.18 Å². The summed E-state index contributed by atoms with van der Waals surface area (Å²) >= 11 is 11.6. The molecule has 0 aliphatic heterocycles. The van der Waals surface area contributed by atoms with Gasteiger partial charge >= 0.3 is 6.01 Å². The molecule has 2 aromatic carbocycles. The van der Waals surface area contributed by atoms with E-state index in [1.54, 1.807) is 42.7 Å². The zero-order valence-corrected chi connectivity index (χ0v) is 14.1. The molecule has 126 valence electrons. The summed E-state index contributed by atoms with van der Waals surface area (Å²) in [5.41, 5.74) is 0.472. The maximum atomic E-state index is 13.5. The zero-order chi connectivity index (χ0) is 17.8. The van der Waals surface area contributed by atoms with E-state index in [4.69, 9.17) is 27.9 Å². The van der Waals surface area contributed by atoms with E-state index in [-0.39, 0.29) is 21.6 Å². The van der Waals surface area contributed by atoms with Gasteiger partial charge in [-0.2, -0.15) is 0 Å². The van der Waals surface area contributed by atoms with Gasteiger partial charge in [0.05, 0.1) is 15.6 Å². The van der Waals surface area contributed by atoms with E-state index in [1.165, 1.54) is 6.07 Å². The lowest BCUT2D eigenvalue weighted by Gasteiger charge is -2.09. The summed E-state index contributed by atoms with van der Waals surface area (Å²) in [4.78, 5) is 20.1. The summed E-state index contributed by atoms with van der Waals surface area (Å²) in [6, 6.07) is 10.6. The van der Waals surface area contributed by atoms with Crippen LogP contribution in [0.5, 0.6) is 11.8 Å². The molecule has 0 unspecified atom stereocenters. The molecule has 1 N–H and O–H groups in total. The Balaban J connectivity index is 1.71. The second-order valence-corrected chi connectivity index (χ2v) is 5.67. The van der Waals surface area contributed by atoms with Crippen LogP contribution in [0.2, 0.25) is 10.0 Å². The van der Waals surface area contributed by atoms with Crippen LogP contribution in [0.3, 0.4) is 0 Å². The van der Waals surface area contributed by atoms with E-state index in [1.807, 2.05) is 0 Å². The predicted octanol–water partition coefficient (Wildman–Crippen LogP) is 4.97. The van der Waals surface area contributed by atoms with Crippen LogP contribution in [0, 0.1) is 5.82 Å². The number of aromatic nitrogens is 2. The Kier molecular flexibility index (Phi) is 5.11. The van der Waals surface area contributed by atoms with Crippen LogP contribution in [-0.2, 0) is 0 Å². The first kappa shape index (κ1) is 17.1. The molecule has 0 saturated heterocycles. The van der Waals surface area contributed by atoms with Crippen molar-refractivity contribution in [1.82, 2.24) is 9.97 Å². The molecule has 8 heteroatoms.